The summed E-state index contributed by atoms with van der Waals surface area (Å²) in [6.45, 7) is 3.70. The lowest BCUT2D eigenvalue weighted by molar-refractivity contribution is 0.198. The molecule has 0 spiro atoms. The van der Waals surface area contributed by atoms with Gasteiger partial charge in [0.15, 0.2) is 0 Å². The van der Waals surface area contributed by atoms with Crippen molar-refractivity contribution in [1.82, 2.24) is 9.78 Å². The zero-order valence-electron chi connectivity index (χ0n) is 9.18. The third kappa shape index (κ3) is 2.18. The summed E-state index contributed by atoms with van der Waals surface area (Å²) in [4.78, 5) is 0. The Morgan fingerprint density at radius 3 is 2.62 bits per heavy atom. The molecule has 1 aromatic heterocycles. The highest BCUT2D eigenvalue weighted by Crippen LogP contribution is 2.25. The molecule has 3 nitrogen and oxygen atoms in total. The van der Waals surface area contributed by atoms with Gasteiger partial charge in [0.05, 0.1) is 17.5 Å². The number of halogens is 1. The van der Waals surface area contributed by atoms with Crippen LogP contribution in [-0.4, -0.2) is 14.9 Å². The van der Waals surface area contributed by atoms with E-state index < -0.39 is 6.10 Å². The van der Waals surface area contributed by atoms with Gasteiger partial charge in [-0.15, -0.1) is 0 Å². The molecule has 2 rings (SSSR count). The molecule has 0 aliphatic heterocycles. The Kier molecular flexibility index (Phi) is 3.12. The molecule has 0 radical (unpaired) electrons. The number of aliphatic hydroxyl groups excluding tert-OH is 1. The minimum atomic E-state index is -0.470. The van der Waals surface area contributed by atoms with Gasteiger partial charge in [-0.05, 0) is 37.6 Å². The molecule has 1 unspecified atom stereocenters. The smallest absolute Gasteiger partial charge is 0.0772 e. The summed E-state index contributed by atoms with van der Waals surface area (Å²) >= 11 is 3.45. The summed E-state index contributed by atoms with van der Waals surface area (Å²) in [5.74, 6) is 0. The number of aliphatic hydroxyl groups is 1. The molecule has 2 aromatic rings. The maximum atomic E-state index is 9.52. The molecule has 84 valence electrons. The number of aromatic nitrogens is 2. The minimum Gasteiger partial charge on any atom is -0.389 e. The summed E-state index contributed by atoms with van der Waals surface area (Å²) in [6.07, 6.45) is 1.45. The van der Waals surface area contributed by atoms with Gasteiger partial charge in [-0.25, -0.2) is 4.68 Å². The summed E-state index contributed by atoms with van der Waals surface area (Å²) in [5, 5.41) is 13.8. The first-order valence-corrected chi connectivity index (χ1v) is 5.87. The van der Waals surface area contributed by atoms with Crippen molar-refractivity contribution in [3.8, 4) is 5.69 Å². The van der Waals surface area contributed by atoms with E-state index in [0.29, 0.717) is 0 Å². The Bertz CT molecular complexity index is 505. The Balaban J connectivity index is 2.42. The van der Waals surface area contributed by atoms with Crippen LogP contribution >= 0.6 is 15.9 Å². The maximum absolute atomic E-state index is 9.52. The monoisotopic (exact) mass is 280 g/mol. The fourth-order valence-corrected chi connectivity index (χ4v) is 2.25. The molecular formula is C12H13BrN2O. The van der Waals surface area contributed by atoms with E-state index in [1.54, 1.807) is 6.92 Å². The fourth-order valence-electron chi connectivity index (χ4n) is 1.56. The second-order valence-electron chi connectivity index (χ2n) is 3.78. The summed E-state index contributed by atoms with van der Waals surface area (Å²) in [5.41, 5.74) is 2.84. The normalized spacial score (nSPS) is 12.8. The highest BCUT2D eigenvalue weighted by Gasteiger charge is 2.07. The molecule has 0 saturated heterocycles. The van der Waals surface area contributed by atoms with Crippen LogP contribution in [0, 0.1) is 6.92 Å². The summed E-state index contributed by atoms with van der Waals surface area (Å²) < 4.78 is 2.71. The van der Waals surface area contributed by atoms with Crippen LogP contribution in [0.2, 0.25) is 0 Å². The highest BCUT2D eigenvalue weighted by molar-refractivity contribution is 9.10. The zero-order chi connectivity index (χ0) is 11.7. The van der Waals surface area contributed by atoms with E-state index in [-0.39, 0.29) is 0 Å². The van der Waals surface area contributed by atoms with E-state index in [9.17, 15) is 5.11 Å². The fraction of sp³-hybridized carbons (Fsp3) is 0.250. The second-order valence-corrected chi connectivity index (χ2v) is 4.64. The topological polar surface area (TPSA) is 38.0 Å². The molecule has 0 aliphatic carbocycles. The Morgan fingerprint density at radius 2 is 2.12 bits per heavy atom. The molecule has 1 N–H and O–H groups in total. The number of nitrogens with zero attached hydrogens (tertiary/aromatic N) is 2. The molecule has 1 heterocycles. The third-order valence-corrected chi connectivity index (χ3v) is 3.11. The van der Waals surface area contributed by atoms with E-state index in [0.717, 1.165) is 21.4 Å². The van der Waals surface area contributed by atoms with Crippen molar-refractivity contribution in [1.29, 1.82) is 0 Å². The Morgan fingerprint density at radius 1 is 1.38 bits per heavy atom. The SMILES string of the molecule is Cc1ccn(-c2ccc(C(C)O)c(Br)c2)n1. The minimum absolute atomic E-state index is 0.470. The number of hydrogen-bond acceptors (Lipinski definition) is 2. The Labute approximate surface area is 103 Å². The first kappa shape index (κ1) is 11.4. The van der Waals surface area contributed by atoms with Gasteiger partial charge < -0.3 is 5.11 Å². The number of benzene rings is 1. The van der Waals surface area contributed by atoms with Gasteiger partial charge in [0.25, 0.3) is 0 Å². The molecule has 4 heteroatoms. The van der Waals surface area contributed by atoms with Crippen LogP contribution < -0.4 is 0 Å². The Hall–Kier alpha value is -1.13. The van der Waals surface area contributed by atoms with Crippen LogP contribution in [0.1, 0.15) is 24.3 Å². The van der Waals surface area contributed by atoms with Gasteiger partial charge in [0.2, 0.25) is 0 Å². The number of hydrogen-bond donors (Lipinski definition) is 1. The van der Waals surface area contributed by atoms with E-state index in [4.69, 9.17) is 0 Å². The van der Waals surface area contributed by atoms with Crippen molar-refractivity contribution in [3.05, 3.63) is 46.2 Å². The van der Waals surface area contributed by atoms with Crippen LogP contribution in [-0.2, 0) is 0 Å². The first-order valence-electron chi connectivity index (χ1n) is 5.08. The standard InChI is InChI=1S/C12H13BrN2O/c1-8-5-6-15(14-8)10-3-4-11(9(2)16)12(13)7-10/h3-7,9,16H,1-2H3. The van der Waals surface area contributed by atoms with Crippen molar-refractivity contribution in [2.24, 2.45) is 0 Å². The van der Waals surface area contributed by atoms with Crippen LogP contribution in [0.25, 0.3) is 5.69 Å². The molecule has 0 bridgehead atoms. The summed E-state index contributed by atoms with van der Waals surface area (Å²) in [7, 11) is 0. The van der Waals surface area contributed by atoms with E-state index in [1.165, 1.54) is 0 Å². The maximum Gasteiger partial charge on any atom is 0.0772 e. The van der Waals surface area contributed by atoms with Crippen LogP contribution in [0.15, 0.2) is 34.9 Å². The van der Waals surface area contributed by atoms with Gasteiger partial charge in [-0.3, -0.25) is 0 Å². The van der Waals surface area contributed by atoms with Crippen molar-refractivity contribution in [2.45, 2.75) is 20.0 Å². The molecule has 0 fully saturated rings. The largest absolute Gasteiger partial charge is 0.389 e. The van der Waals surface area contributed by atoms with Crippen LogP contribution in [0.4, 0.5) is 0 Å². The van der Waals surface area contributed by atoms with Crippen molar-refractivity contribution in [3.63, 3.8) is 0 Å². The number of rotatable bonds is 2. The number of aryl methyl sites for hydroxylation is 1. The molecule has 0 saturated carbocycles. The molecule has 0 amide bonds. The molecule has 1 atom stereocenters. The van der Waals surface area contributed by atoms with Crippen LogP contribution in [0.5, 0.6) is 0 Å². The van der Waals surface area contributed by atoms with Crippen LogP contribution in [0.3, 0.4) is 0 Å². The molecule has 16 heavy (non-hydrogen) atoms. The predicted octanol–water partition coefficient (Wildman–Crippen LogP) is 3.00. The van der Waals surface area contributed by atoms with Crippen molar-refractivity contribution in [2.75, 3.05) is 0 Å². The lowest BCUT2D eigenvalue weighted by Gasteiger charge is -2.09. The third-order valence-electron chi connectivity index (χ3n) is 2.42. The van der Waals surface area contributed by atoms with Gasteiger partial charge in [0.1, 0.15) is 0 Å². The van der Waals surface area contributed by atoms with E-state index in [2.05, 4.69) is 21.0 Å². The van der Waals surface area contributed by atoms with Gasteiger partial charge in [0, 0.05) is 10.7 Å². The quantitative estimate of drug-likeness (QED) is 0.919. The predicted molar refractivity (Wildman–Crippen MR) is 66.6 cm³/mol. The lowest BCUT2D eigenvalue weighted by atomic mass is 10.1. The van der Waals surface area contributed by atoms with E-state index in [1.807, 2.05) is 42.1 Å². The molecular weight excluding hydrogens is 268 g/mol. The van der Waals surface area contributed by atoms with Gasteiger partial charge in [-0.1, -0.05) is 22.0 Å². The lowest BCUT2D eigenvalue weighted by Crippen LogP contribution is -1.98. The average molecular weight is 281 g/mol. The van der Waals surface area contributed by atoms with Gasteiger partial charge in [-0.2, -0.15) is 5.10 Å². The van der Waals surface area contributed by atoms with E-state index >= 15 is 0 Å². The second kappa shape index (κ2) is 4.39. The first-order chi connectivity index (χ1) is 7.58. The highest BCUT2D eigenvalue weighted by atomic mass is 79.9. The van der Waals surface area contributed by atoms with Crippen molar-refractivity contribution >= 4 is 15.9 Å². The van der Waals surface area contributed by atoms with Gasteiger partial charge >= 0.3 is 0 Å². The summed E-state index contributed by atoms with van der Waals surface area (Å²) in [6, 6.07) is 7.76. The zero-order valence-corrected chi connectivity index (χ0v) is 10.8. The van der Waals surface area contributed by atoms with Crippen molar-refractivity contribution < 1.29 is 5.11 Å². The molecule has 0 aliphatic rings. The average Bonchev–Trinajstić information content (AvgIpc) is 2.64. The molecule has 1 aromatic carbocycles.